The molecule has 1 rings (SSSR count). The van der Waals surface area contributed by atoms with Gasteiger partial charge in [-0.3, -0.25) is 0 Å². The van der Waals surface area contributed by atoms with Gasteiger partial charge in [0.15, 0.2) is 5.82 Å². The average molecular weight is 254 g/mol. The van der Waals surface area contributed by atoms with E-state index in [1.165, 1.54) is 0 Å². The molecule has 1 aromatic carbocycles. The molecule has 0 saturated heterocycles. The van der Waals surface area contributed by atoms with Gasteiger partial charge in [0.1, 0.15) is 5.82 Å². The first kappa shape index (κ1) is 14.9. The molecule has 0 saturated carbocycles. The SMILES string of the molecule is Fc1c(Cl)ccc([B-](F)(F)F)c1F.[K+]. The van der Waals surface area contributed by atoms with E-state index in [9.17, 15) is 21.7 Å². The summed E-state index contributed by atoms with van der Waals surface area (Å²) in [7, 11) is 0. The predicted molar refractivity (Wildman–Crippen MR) is 40.1 cm³/mol. The van der Waals surface area contributed by atoms with Crippen LogP contribution in [0.4, 0.5) is 21.7 Å². The van der Waals surface area contributed by atoms with Crippen LogP contribution >= 0.6 is 11.6 Å². The van der Waals surface area contributed by atoms with Crippen molar-refractivity contribution in [2.24, 2.45) is 0 Å². The zero-order valence-corrected chi connectivity index (χ0v) is 10.9. The first-order valence-electron chi connectivity index (χ1n) is 3.17. The van der Waals surface area contributed by atoms with Crippen LogP contribution in [0.15, 0.2) is 12.1 Å². The largest absolute Gasteiger partial charge is 1.00 e. The molecule has 14 heavy (non-hydrogen) atoms. The van der Waals surface area contributed by atoms with Gasteiger partial charge >= 0.3 is 58.4 Å². The van der Waals surface area contributed by atoms with Crippen LogP contribution in [0, 0.1) is 11.6 Å². The van der Waals surface area contributed by atoms with Crippen LogP contribution in [0.3, 0.4) is 0 Å². The Morgan fingerprint density at radius 2 is 1.50 bits per heavy atom. The van der Waals surface area contributed by atoms with Gasteiger partial charge < -0.3 is 12.9 Å². The standard InChI is InChI=1S/C6H2BClF5.K/c8-4-2-1-3(7(11,12)13)5(9)6(4)10;/h1-2H;/q-1;+1. The summed E-state index contributed by atoms with van der Waals surface area (Å²) in [6, 6.07) is 1.09. The average Bonchev–Trinajstić information content (AvgIpc) is 1.98. The van der Waals surface area contributed by atoms with Crippen molar-refractivity contribution in [1.82, 2.24) is 0 Å². The molecule has 0 spiro atoms. The summed E-state index contributed by atoms with van der Waals surface area (Å²) in [4.78, 5) is 0. The molecule has 0 unspecified atom stereocenters. The molecule has 0 bridgehead atoms. The van der Waals surface area contributed by atoms with Crippen LogP contribution in [0.5, 0.6) is 0 Å². The van der Waals surface area contributed by atoms with Gasteiger partial charge in [0.2, 0.25) is 0 Å². The van der Waals surface area contributed by atoms with Gasteiger partial charge in [0.25, 0.3) is 0 Å². The van der Waals surface area contributed by atoms with E-state index >= 15 is 0 Å². The van der Waals surface area contributed by atoms with Crippen LogP contribution < -0.4 is 56.8 Å². The molecule has 8 heteroatoms. The molecular formula is C6H2BClF5K. The van der Waals surface area contributed by atoms with Crippen LogP contribution in [0.2, 0.25) is 5.02 Å². The second-order valence-electron chi connectivity index (χ2n) is 2.34. The summed E-state index contributed by atoms with van der Waals surface area (Å²) in [5.74, 6) is -3.61. The van der Waals surface area contributed by atoms with Gasteiger partial charge in [0.05, 0.1) is 5.02 Å². The quantitative estimate of drug-likeness (QED) is 0.366. The van der Waals surface area contributed by atoms with Crippen LogP contribution in [-0.2, 0) is 0 Å². The molecule has 0 N–H and O–H groups in total. The summed E-state index contributed by atoms with van der Waals surface area (Å²) >= 11 is 5.06. The summed E-state index contributed by atoms with van der Waals surface area (Å²) in [5.41, 5.74) is -1.60. The normalized spacial score (nSPS) is 11.0. The first-order chi connectivity index (χ1) is 5.84. The van der Waals surface area contributed by atoms with Crippen molar-refractivity contribution in [3.8, 4) is 0 Å². The Labute approximate surface area is 124 Å². The molecule has 0 nitrogen and oxygen atoms in total. The van der Waals surface area contributed by atoms with Crippen molar-refractivity contribution >= 4 is 24.0 Å². The third-order valence-electron chi connectivity index (χ3n) is 1.42. The van der Waals surface area contributed by atoms with E-state index in [0.29, 0.717) is 12.1 Å². The fraction of sp³-hybridized carbons (Fsp3) is 0. The maximum absolute atomic E-state index is 12.6. The van der Waals surface area contributed by atoms with Gasteiger partial charge in [0, 0.05) is 0 Å². The summed E-state index contributed by atoms with van der Waals surface area (Å²) < 4.78 is 61.0. The monoisotopic (exact) mass is 254 g/mol. The van der Waals surface area contributed by atoms with Crippen LogP contribution in [-0.4, -0.2) is 6.98 Å². The smallest absolute Gasteiger partial charge is 0.445 e. The molecule has 0 aliphatic carbocycles. The van der Waals surface area contributed by atoms with E-state index in [2.05, 4.69) is 0 Å². The molecule has 0 amide bonds. The number of hydrogen-bond acceptors (Lipinski definition) is 0. The molecule has 0 atom stereocenters. The minimum Gasteiger partial charge on any atom is -0.445 e. The minimum absolute atomic E-state index is 0. The van der Waals surface area contributed by atoms with Crippen molar-refractivity contribution in [1.29, 1.82) is 0 Å². The second-order valence-corrected chi connectivity index (χ2v) is 2.75. The van der Waals surface area contributed by atoms with E-state index in [1.807, 2.05) is 0 Å². The topological polar surface area (TPSA) is 0 Å². The Kier molecular flexibility index (Phi) is 5.59. The fourth-order valence-electron chi connectivity index (χ4n) is 0.794. The molecule has 0 heterocycles. The third-order valence-corrected chi connectivity index (χ3v) is 1.71. The molecule has 0 aromatic heterocycles. The third kappa shape index (κ3) is 3.18. The maximum atomic E-state index is 12.6. The number of hydrogen-bond donors (Lipinski definition) is 0. The van der Waals surface area contributed by atoms with Crippen LogP contribution in [0.25, 0.3) is 0 Å². The minimum atomic E-state index is -5.54. The van der Waals surface area contributed by atoms with Gasteiger partial charge in [-0.2, -0.15) is 0 Å². The first-order valence-corrected chi connectivity index (χ1v) is 3.55. The number of benzene rings is 1. The Morgan fingerprint density at radius 3 is 1.93 bits per heavy atom. The molecule has 0 aliphatic rings. The van der Waals surface area contributed by atoms with E-state index < -0.39 is 29.1 Å². The molecule has 0 fully saturated rings. The number of rotatable bonds is 1. The van der Waals surface area contributed by atoms with Crippen molar-refractivity contribution in [2.75, 3.05) is 0 Å². The summed E-state index contributed by atoms with van der Waals surface area (Å²) in [6.07, 6.45) is 0. The summed E-state index contributed by atoms with van der Waals surface area (Å²) in [5, 5.41) is -0.665. The van der Waals surface area contributed by atoms with Gasteiger partial charge in [-0.1, -0.05) is 23.1 Å². The number of halogens is 6. The van der Waals surface area contributed by atoms with Crippen LogP contribution in [0.1, 0.15) is 0 Å². The Morgan fingerprint density at radius 1 is 1.00 bits per heavy atom. The van der Waals surface area contributed by atoms with Gasteiger partial charge in [-0.05, 0) is 6.07 Å². The van der Waals surface area contributed by atoms with Gasteiger partial charge in [-0.15, -0.1) is 0 Å². The van der Waals surface area contributed by atoms with Crippen molar-refractivity contribution in [2.45, 2.75) is 0 Å². The molecular weight excluding hydrogens is 252 g/mol. The second kappa shape index (κ2) is 5.27. The van der Waals surface area contributed by atoms with Crippen molar-refractivity contribution < 1.29 is 73.1 Å². The zero-order valence-electron chi connectivity index (χ0n) is 7.00. The van der Waals surface area contributed by atoms with Crippen molar-refractivity contribution in [3.63, 3.8) is 0 Å². The van der Waals surface area contributed by atoms with E-state index in [4.69, 9.17) is 11.6 Å². The Balaban J connectivity index is 0.00000169. The van der Waals surface area contributed by atoms with Gasteiger partial charge in [-0.25, -0.2) is 8.78 Å². The zero-order chi connectivity index (χ0) is 10.2. The molecule has 0 aliphatic heterocycles. The van der Waals surface area contributed by atoms with E-state index in [1.54, 1.807) is 0 Å². The molecule has 0 radical (unpaired) electrons. The Bertz CT molecular complexity index is 340. The van der Waals surface area contributed by atoms with E-state index in [-0.39, 0.29) is 51.4 Å². The molecule has 72 valence electrons. The molecule has 1 aromatic rings. The fourth-order valence-corrected chi connectivity index (χ4v) is 0.940. The maximum Gasteiger partial charge on any atom is 1.00 e. The Hall–Kier alpha value is 0.861. The summed E-state index contributed by atoms with van der Waals surface area (Å²) in [6.45, 7) is -5.54. The predicted octanol–water partition coefficient (Wildman–Crippen LogP) is -0.323. The van der Waals surface area contributed by atoms with Crippen molar-refractivity contribution in [3.05, 3.63) is 28.8 Å². The van der Waals surface area contributed by atoms with E-state index in [0.717, 1.165) is 0 Å².